The summed E-state index contributed by atoms with van der Waals surface area (Å²) in [6, 6.07) is 14.7. The average Bonchev–Trinajstić information content (AvgIpc) is 3.44. The van der Waals surface area contributed by atoms with E-state index in [4.69, 9.17) is 15.5 Å². The van der Waals surface area contributed by atoms with Crippen LogP contribution in [0.3, 0.4) is 0 Å². The summed E-state index contributed by atoms with van der Waals surface area (Å²) in [6.45, 7) is 4.06. The lowest BCUT2D eigenvalue weighted by Crippen LogP contribution is -2.45. The van der Waals surface area contributed by atoms with Gasteiger partial charge in [0.2, 0.25) is 5.95 Å². The molecule has 2 aliphatic heterocycles. The number of hydrogen-bond donors (Lipinski definition) is 3. The summed E-state index contributed by atoms with van der Waals surface area (Å²) >= 11 is 0. The van der Waals surface area contributed by atoms with Gasteiger partial charge in [0, 0.05) is 30.3 Å². The largest absolute Gasteiger partial charge is 0.489 e. The molecule has 0 unspecified atom stereocenters. The fourth-order valence-electron chi connectivity index (χ4n) is 6.26. The Labute approximate surface area is 208 Å². The van der Waals surface area contributed by atoms with Crippen molar-refractivity contribution in [3.8, 4) is 5.75 Å². The smallest absolute Gasteiger partial charge is 0.264 e. The Morgan fingerprint density at radius 3 is 2.83 bits per heavy atom. The van der Waals surface area contributed by atoms with E-state index >= 15 is 0 Å². The van der Waals surface area contributed by atoms with Crippen LogP contribution >= 0.6 is 0 Å². The zero-order valence-electron chi connectivity index (χ0n) is 20.2. The van der Waals surface area contributed by atoms with Crippen LogP contribution in [0.15, 0.2) is 53.3 Å². The van der Waals surface area contributed by atoms with Crippen molar-refractivity contribution in [2.24, 2.45) is 11.1 Å². The second kappa shape index (κ2) is 7.80. The number of nitrogens with two attached hydrogens (primary N) is 1. The molecule has 1 spiro atoms. The lowest BCUT2D eigenvalue weighted by molar-refractivity contribution is 0.187. The second-order valence-corrected chi connectivity index (χ2v) is 10.3. The molecule has 8 nitrogen and oxygen atoms in total. The number of aromatic amines is 2. The van der Waals surface area contributed by atoms with Gasteiger partial charge in [-0.2, -0.15) is 10.1 Å². The van der Waals surface area contributed by atoms with Crippen molar-refractivity contribution in [3.05, 3.63) is 86.8 Å². The van der Waals surface area contributed by atoms with E-state index < -0.39 is 0 Å². The van der Waals surface area contributed by atoms with E-state index in [0.717, 1.165) is 54.8 Å². The molecule has 0 saturated carbocycles. The number of aryl methyl sites for hydroxylation is 1. The van der Waals surface area contributed by atoms with Crippen molar-refractivity contribution in [1.82, 2.24) is 20.2 Å². The van der Waals surface area contributed by atoms with E-state index in [9.17, 15) is 4.79 Å². The Kier molecular flexibility index (Phi) is 4.63. The van der Waals surface area contributed by atoms with Gasteiger partial charge in [0.1, 0.15) is 23.4 Å². The Hall–Kier alpha value is -3.91. The highest BCUT2D eigenvalue weighted by Crippen LogP contribution is 2.50. The molecule has 1 atom stereocenters. The Morgan fingerprint density at radius 2 is 2.00 bits per heavy atom. The third-order valence-electron chi connectivity index (χ3n) is 8.28. The van der Waals surface area contributed by atoms with E-state index in [1.807, 2.05) is 31.2 Å². The SMILES string of the molecule is Cc1ccc2c(c1)OCC=C2c1n[nH]c2nc(N3CCC4(CC3)Cc3ccccc3[C@H]4N)[nH]c(=O)c12. The van der Waals surface area contributed by atoms with Crippen molar-refractivity contribution < 1.29 is 4.74 Å². The first kappa shape index (κ1) is 21.4. The second-order valence-electron chi connectivity index (χ2n) is 10.3. The van der Waals surface area contributed by atoms with Crippen LogP contribution in [0.5, 0.6) is 5.75 Å². The first-order valence-electron chi connectivity index (χ1n) is 12.5. The third kappa shape index (κ3) is 3.14. The number of benzene rings is 2. The van der Waals surface area contributed by atoms with Gasteiger partial charge in [-0.25, -0.2) is 0 Å². The first-order valence-corrected chi connectivity index (χ1v) is 12.5. The number of fused-ring (bicyclic) bond motifs is 3. The van der Waals surface area contributed by atoms with Crippen LogP contribution < -0.4 is 20.9 Å². The lowest BCUT2D eigenvalue weighted by atomic mass is 9.73. The fourth-order valence-corrected chi connectivity index (χ4v) is 6.26. The van der Waals surface area contributed by atoms with Crippen LogP contribution in [0.2, 0.25) is 0 Å². The molecule has 7 rings (SSSR count). The standard InChI is InChI=1S/C28H28N6O2/c1-16-6-7-19-20(8-13-36-21(19)14-16)23-22-25(33-32-23)30-27(31-26(22)35)34-11-9-28(10-12-34)15-17-4-2-3-5-18(17)24(28)29/h2-8,14,24H,9-13,15,29H2,1H3,(H2,30,31,32,33,35)/t24-/m1/s1. The minimum absolute atomic E-state index is 0.0555. The predicted octanol–water partition coefficient (Wildman–Crippen LogP) is 3.62. The Morgan fingerprint density at radius 1 is 1.17 bits per heavy atom. The molecular weight excluding hydrogens is 452 g/mol. The maximum Gasteiger partial charge on any atom is 0.264 e. The lowest BCUT2D eigenvalue weighted by Gasteiger charge is -2.42. The number of rotatable bonds is 2. The summed E-state index contributed by atoms with van der Waals surface area (Å²) in [5.41, 5.74) is 13.3. The number of aromatic nitrogens is 4. The summed E-state index contributed by atoms with van der Waals surface area (Å²) in [4.78, 5) is 23.3. The summed E-state index contributed by atoms with van der Waals surface area (Å²) in [5.74, 6) is 1.39. The predicted molar refractivity (Wildman–Crippen MR) is 139 cm³/mol. The minimum Gasteiger partial charge on any atom is -0.489 e. The van der Waals surface area contributed by atoms with Gasteiger partial charge in [-0.1, -0.05) is 36.4 Å². The molecule has 4 heterocycles. The molecule has 182 valence electrons. The molecule has 4 aromatic rings. The van der Waals surface area contributed by atoms with E-state index in [1.54, 1.807) is 0 Å². The number of piperidine rings is 1. The van der Waals surface area contributed by atoms with Gasteiger partial charge >= 0.3 is 0 Å². The molecule has 8 heteroatoms. The molecule has 3 aliphatic rings. The highest BCUT2D eigenvalue weighted by atomic mass is 16.5. The molecule has 2 aromatic heterocycles. The topological polar surface area (TPSA) is 113 Å². The van der Waals surface area contributed by atoms with Gasteiger partial charge in [0.15, 0.2) is 5.65 Å². The van der Waals surface area contributed by atoms with Crippen LogP contribution in [0.1, 0.15) is 46.8 Å². The quantitative estimate of drug-likeness (QED) is 0.404. The minimum atomic E-state index is -0.190. The first-order chi connectivity index (χ1) is 17.5. The van der Waals surface area contributed by atoms with Crippen LogP contribution in [0, 0.1) is 12.3 Å². The van der Waals surface area contributed by atoms with Gasteiger partial charge in [-0.05, 0) is 60.4 Å². The van der Waals surface area contributed by atoms with E-state index in [1.165, 1.54) is 11.1 Å². The number of anilines is 1. The number of nitrogens with one attached hydrogen (secondary N) is 2. The van der Waals surface area contributed by atoms with Crippen molar-refractivity contribution >= 4 is 22.6 Å². The van der Waals surface area contributed by atoms with Crippen molar-refractivity contribution in [3.63, 3.8) is 0 Å². The zero-order chi connectivity index (χ0) is 24.4. The van der Waals surface area contributed by atoms with Crippen LogP contribution in [-0.2, 0) is 6.42 Å². The average molecular weight is 481 g/mol. The normalized spacial score (nSPS) is 20.2. The molecule has 36 heavy (non-hydrogen) atoms. The zero-order valence-corrected chi connectivity index (χ0v) is 20.2. The van der Waals surface area contributed by atoms with Gasteiger partial charge in [-0.15, -0.1) is 0 Å². The number of hydrogen-bond acceptors (Lipinski definition) is 6. The number of nitrogens with zero attached hydrogens (tertiary/aromatic N) is 3. The van der Waals surface area contributed by atoms with Crippen LogP contribution in [-0.4, -0.2) is 39.9 Å². The van der Waals surface area contributed by atoms with E-state index in [0.29, 0.717) is 29.3 Å². The molecule has 1 fully saturated rings. The highest BCUT2D eigenvalue weighted by molar-refractivity contribution is 5.94. The molecule has 1 aliphatic carbocycles. The molecule has 4 N–H and O–H groups in total. The van der Waals surface area contributed by atoms with Crippen molar-refractivity contribution in [1.29, 1.82) is 0 Å². The molecule has 0 bridgehead atoms. The van der Waals surface area contributed by atoms with Gasteiger partial charge in [0.25, 0.3) is 5.56 Å². The summed E-state index contributed by atoms with van der Waals surface area (Å²) in [6.07, 6.45) is 4.91. The monoisotopic (exact) mass is 480 g/mol. The summed E-state index contributed by atoms with van der Waals surface area (Å²) in [7, 11) is 0. The maximum atomic E-state index is 13.3. The fraction of sp³-hybridized carbons (Fsp3) is 0.321. The van der Waals surface area contributed by atoms with Gasteiger partial charge in [0.05, 0.1) is 0 Å². The maximum absolute atomic E-state index is 13.3. The van der Waals surface area contributed by atoms with Crippen molar-refractivity contribution in [2.45, 2.75) is 32.2 Å². The van der Waals surface area contributed by atoms with Crippen molar-refractivity contribution in [2.75, 3.05) is 24.6 Å². The van der Waals surface area contributed by atoms with Gasteiger partial charge < -0.3 is 15.4 Å². The molecule has 1 saturated heterocycles. The summed E-state index contributed by atoms with van der Waals surface area (Å²) < 4.78 is 5.81. The molecular formula is C28H28N6O2. The van der Waals surface area contributed by atoms with E-state index in [2.05, 4.69) is 44.3 Å². The van der Waals surface area contributed by atoms with Crippen LogP contribution in [0.25, 0.3) is 16.6 Å². The summed E-state index contributed by atoms with van der Waals surface area (Å²) in [5, 5.41) is 7.99. The molecule has 0 amide bonds. The Bertz CT molecular complexity index is 1590. The molecule has 2 aromatic carbocycles. The Balaban J connectivity index is 1.18. The highest BCUT2D eigenvalue weighted by Gasteiger charge is 2.46. The number of ether oxygens (including phenoxy) is 1. The number of H-pyrrole nitrogens is 2. The van der Waals surface area contributed by atoms with Gasteiger partial charge in [-0.3, -0.25) is 14.9 Å². The molecule has 0 radical (unpaired) electrons. The third-order valence-corrected chi connectivity index (χ3v) is 8.28. The van der Waals surface area contributed by atoms with E-state index in [-0.39, 0.29) is 17.0 Å². The van der Waals surface area contributed by atoms with Crippen LogP contribution in [0.4, 0.5) is 5.95 Å².